The zero-order chi connectivity index (χ0) is 21.4. The van der Waals surface area contributed by atoms with Crippen molar-refractivity contribution in [2.45, 2.75) is 19.0 Å². The van der Waals surface area contributed by atoms with Gasteiger partial charge in [0.05, 0.1) is 49.1 Å². The molecular formula is C21H19F3N5+. The van der Waals surface area contributed by atoms with Crippen LogP contribution in [-0.4, -0.2) is 25.3 Å². The molecule has 1 fully saturated rings. The molecule has 29 heavy (non-hydrogen) atoms. The molecule has 1 aromatic carbocycles. The normalized spacial score (nSPS) is 28.3. The van der Waals surface area contributed by atoms with E-state index < -0.39 is 40.6 Å². The third-order valence-electron chi connectivity index (χ3n) is 6.06. The molecule has 4 atom stereocenters. The fraction of sp³-hybridized carbons (Fsp3) is 0.429. The SMILES string of the molecule is CC[NH+]1CC=C2C(C#N)C(=N)C(C#N)(C#N)[C@@H](c3ccccc3C(F)(F)F)[C@H]2C1. The molecule has 1 saturated carbocycles. The number of nitrogens with zero attached hydrogens (tertiary/aromatic N) is 3. The van der Waals surface area contributed by atoms with Crippen LogP contribution in [-0.2, 0) is 6.18 Å². The summed E-state index contributed by atoms with van der Waals surface area (Å²) in [6, 6.07) is 10.6. The molecule has 1 aliphatic heterocycles. The first kappa shape index (κ1) is 20.6. The molecule has 0 bridgehead atoms. The molecule has 0 radical (unpaired) electrons. The van der Waals surface area contributed by atoms with Crippen molar-refractivity contribution in [3.63, 3.8) is 0 Å². The average Bonchev–Trinajstić information content (AvgIpc) is 2.72. The second-order valence-corrected chi connectivity index (χ2v) is 7.39. The topological polar surface area (TPSA) is 99.7 Å². The fourth-order valence-electron chi connectivity index (χ4n) is 4.62. The van der Waals surface area contributed by atoms with Crippen LogP contribution in [0.5, 0.6) is 0 Å². The van der Waals surface area contributed by atoms with Crippen molar-refractivity contribution in [2.24, 2.45) is 17.3 Å². The number of alkyl halides is 3. The number of nitrogens with one attached hydrogen (secondary N) is 2. The Morgan fingerprint density at radius 2 is 1.86 bits per heavy atom. The summed E-state index contributed by atoms with van der Waals surface area (Å²) >= 11 is 0. The quantitative estimate of drug-likeness (QED) is 0.749. The first-order chi connectivity index (χ1) is 13.7. The summed E-state index contributed by atoms with van der Waals surface area (Å²) in [4.78, 5) is 1.09. The van der Waals surface area contributed by atoms with Crippen molar-refractivity contribution >= 4 is 5.71 Å². The number of rotatable bonds is 2. The largest absolute Gasteiger partial charge is 0.416 e. The highest BCUT2D eigenvalue weighted by Crippen LogP contribution is 2.54. The molecule has 2 aliphatic rings. The lowest BCUT2D eigenvalue weighted by Gasteiger charge is -2.46. The van der Waals surface area contributed by atoms with E-state index in [0.29, 0.717) is 25.2 Å². The Morgan fingerprint density at radius 3 is 2.41 bits per heavy atom. The van der Waals surface area contributed by atoms with E-state index >= 15 is 0 Å². The van der Waals surface area contributed by atoms with Gasteiger partial charge in [0.1, 0.15) is 5.92 Å². The molecule has 8 heteroatoms. The van der Waals surface area contributed by atoms with Crippen molar-refractivity contribution < 1.29 is 18.1 Å². The number of nitriles is 3. The molecule has 1 heterocycles. The number of fused-ring (bicyclic) bond motifs is 1. The molecule has 5 nitrogen and oxygen atoms in total. The van der Waals surface area contributed by atoms with E-state index in [1.807, 2.05) is 25.1 Å². The average molecular weight is 398 g/mol. The molecule has 0 saturated heterocycles. The Kier molecular flexibility index (Phi) is 5.22. The van der Waals surface area contributed by atoms with Gasteiger partial charge in [0.25, 0.3) is 0 Å². The molecule has 0 aromatic heterocycles. The predicted molar refractivity (Wildman–Crippen MR) is 97.5 cm³/mol. The summed E-state index contributed by atoms with van der Waals surface area (Å²) in [5.74, 6) is -2.87. The molecule has 2 N–H and O–H groups in total. The monoisotopic (exact) mass is 398 g/mol. The van der Waals surface area contributed by atoms with Crippen LogP contribution in [0.1, 0.15) is 24.0 Å². The van der Waals surface area contributed by atoms with E-state index in [1.54, 1.807) is 6.08 Å². The molecule has 3 rings (SSSR count). The number of halogens is 3. The highest BCUT2D eigenvalue weighted by molar-refractivity contribution is 6.00. The molecule has 0 spiro atoms. The second-order valence-electron chi connectivity index (χ2n) is 7.39. The van der Waals surface area contributed by atoms with Gasteiger partial charge in [-0.3, -0.25) is 0 Å². The van der Waals surface area contributed by atoms with Crippen LogP contribution in [0, 0.1) is 56.7 Å². The van der Waals surface area contributed by atoms with Gasteiger partial charge in [0.15, 0.2) is 5.41 Å². The van der Waals surface area contributed by atoms with Gasteiger partial charge in [-0.15, -0.1) is 0 Å². The highest BCUT2D eigenvalue weighted by atomic mass is 19.4. The summed E-state index contributed by atoms with van der Waals surface area (Å²) in [6.45, 7) is 3.65. The summed E-state index contributed by atoms with van der Waals surface area (Å²) in [7, 11) is 0. The number of likely N-dealkylation sites (N-methyl/N-ethyl adjacent to an activating group) is 1. The van der Waals surface area contributed by atoms with Crippen molar-refractivity contribution in [2.75, 3.05) is 19.6 Å². The lowest BCUT2D eigenvalue weighted by molar-refractivity contribution is -0.897. The van der Waals surface area contributed by atoms with Crippen LogP contribution in [0.2, 0.25) is 0 Å². The summed E-state index contributed by atoms with van der Waals surface area (Å²) < 4.78 is 41.3. The third kappa shape index (κ3) is 3.09. The fourth-order valence-corrected chi connectivity index (χ4v) is 4.62. The minimum Gasteiger partial charge on any atom is -0.331 e. The number of hydrogen-bond donors (Lipinski definition) is 2. The molecule has 2 unspecified atom stereocenters. The van der Waals surface area contributed by atoms with E-state index in [0.717, 1.165) is 11.0 Å². The van der Waals surface area contributed by atoms with Crippen LogP contribution >= 0.6 is 0 Å². The standard InChI is InChI=1S/C21H18F3N5/c1-2-29-8-7-13-15(9-25)19(28)20(11-26,12-27)18(16(13)10-29)14-5-3-4-6-17(14)21(22,23)24/h3-7,15-16,18,28H,2,8,10H2,1H3/p+1/t15?,16-,18-/m0/s1. The lowest BCUT2D eigenvalue weighted by Crippen LogP contribution is -3.13. The Hall–Kier alpha value is -3.15. The third-order valence-corrected chi connectivity index (χ3v) is 6.06. The second kappa shape index (κ2) is 7.35. The van der Waals surface area contributed by atoms with E-state index in [1.165, 1.54) is 18.2 Å². The minimum absolute atomic E-state index is 0.169. The molecule has 0 amide bonds. The Bertz CT molecular complexity index is 975. The van der Waals surface area contributed by atoms with Gasteiger partial charge < -0.3 is 10.3 Å². The van der Waals surface area contributed by atoms with Crippen molar-refractivity contribution in [1.82, 2.24) is 0 Å². The van der Waals surface area contributed by atoms with E-state index in [4.69, 9.17) is 5.41 Å². The van der Waals surface area contributed by atoms with E-state index in [2.05, 4.69) is 0 Å². The molecular weight excluding hydrogens is 379 g/mol. The maximum atomic E-state index is 13.8. The van der Waals surface area contributed by atoms with E-state index in [-0.39, 0.29) is 5.56 Å². The van der Waals surface area contributed by atoms with Gasteiger partial charge in [-0.1, -0.05) is 18.2 Å². The zero-order valence-corrected chi connectivity index (χ0v) is 15.7. The molecule has 148 valence electrons. The Balaban J connectivity index is 2.33. The van der Waals surface area contributed by atoms with Crippen LogP contribution in [0.3, 0.4) is 0 Å². The van der Waals surface area contributed by atoms with Gasteiger partial charge in [-0.25, -0.2) is 0 Å². The van der Waals surface area contributed by atoms with Gasteiger partial charge in [-0.05, 0) is 30.2 Å². The maximum Gasteiger partial charge on any atom is 0.416 e. The summed E-state index contributed by atoms with van der Waals surface area (Å²) in [5, 5.41) is 38.0. The van der Waals surface area contributed by atoms with Crippen molar-refractivity contribution in [3.8, 4) is 18.2 Å². The van der Waals surface area contributed by atoms with Crippen LogP contribution in [0.4, 0.5) is 13.2 Å². The number of quaternary nitrogens is 1. The minimum atomic E-state index is -4.67. The first-order valence-electron chi connectivity index (χ1n) is 9.25. The maximum absolute atomic E-state index is 13.8. The Morgan fingerprint density at radius 1 is 1.21 bits per heavy atom. The first-order valence-corrected chi connectivity index (χ1v) is 9.25. The zero-order valence-electron chi connectivity index (χ0n) is 15.7. The smallest absolute Gasteiger partial charge is 0.331 e. The number of benzene rings is 1. The van der Waals surface area contributed by atoms with Gasteiger partial charge in [0, 0.05) is 11.8 Å². The van der Waals surface area contributed by atoms with Crippen LogP contribution in [0.25, 0.3) is 0 Å². The van der Waals surface area contributed by atoms with Gasteiger partial charge in [0.2, 0.25) is 0 Å². The lowest BCUT2D eigenvalue weighted by atomic mass is 9.54. The predicted octanol–water partition coefficient (Wildman–Crippen LogP) is 2.46. The van der Waals surface area contributed by atoms with E-state index in [9.17, 15) is 29.0 Å². The summed E-state index contributed by atoms with van der Waals surface area (Å²) in [6.07, 6.45) is -2.87. The van der Waals surface area contributed by atoms with Gasteiger partial charge >= 0.3 is 6.18 Å². The Labute approximate surface area is 166 Å². The van der Waals surface area contributed by atoms with Crippen molar-refractivity contribution in [1.29, 1.82) is 21.2 Å². The molecule has 1 aromatic rings. The van der Waals surface area contributed by atoms with Crippen LogP contribution in [0.15, 0.2) is 35.9 Å². The van der Waals surface area contributed by atoms with Gasteiger partial charge in [-0.2, -0.15) is 29.0 Å². The van der Waals surface area contributed by atoms with Crippen LogP contribution < -0.4 is 4.90 Å². The highest BCUT2D eigenvalue weighted by Gasteiger charge is 2.59. The number of hydrogen-bond acceptors (Lipinski definition) is 4. The summed E-state index contributed by atoms with van der Waals surface area (Å²) in [5.41, 5.74) is -3.10. The van der Waals surface area contributed by atoms with Crippen molar-refractivity contribution in [3.05, 3.63) is 47.0 Å². The molecule has 1 aliphatic carbocycles.